The number of rotatable bonds is 5. The summed E-state index contributed by atoms with van der Waals surface area (Å²) in [5, 5.41) is 12.3. The van der Waals surface area contributed by atoms with E-state index >= 15 is 4.39 Å². The van der Waals surface area contributed by atoms with Gasteiger partial charge >= 0.3 is 6.18 Å². The van der Waals surface area contributed by atoms with E-state index in [9.17, 15) is 22.8 Å². The summed E-state index contributed by atoms with van der Waals surface area (Å²) in [6.45, 7) is 4.63. The molecule has 1 saturated heterocycles. The summed E-state index contributed by atoms with van der Waals surface area (Å²) in [5.41, 5.74) is -1.69. The summed E-state index contributed by atoms with van der Waals surface area (Å²) >= 11 is 1.26. The van der Waals surface area contributed by atoms with Crippen LogP contribution in [0.5, 0.6) is 0 Å². The average Bonchev–Trinajstić information content (AvgIpc) is 3.44. The van der Waals surface area contributed by atoms with Crippen LogP contribution in [0.1, 0.15) is 39.7 Å². The Hall–Kier alpha value is -4.22. The van der Waals surface area contributed by atoms with Gasteiger partial charge in [-0.1, -0.05) is 17.4 Å². The standard InChI is InChI=1S/C28H27F4N7O2S/c1-16-15-39(8-7-37(16)2)24-11-22(29)19(17-3-5-38(6-4-17)27-35-13-18(12-33)42-27)9-23(24)36-26(41)20-14-34-25(40)10-21(20)28(30,31)32/h3,9-11,13-14,16H,4-8,15H2,1-2H3,(H,34,40)(H,36,41)/t16-/m0/s1. The van der Waals surface area contributed by atoms with Crippen molar-refractivity contribution >= 4 is 39.3 Å². The lowest BCUT2D eigenvalue weighted by Gasteiger charge is -2.40. The van der Waals surface area contributed by atoms with Crippen molar-refractivity contribution in [3.63, 3.8) is 0 Å². The molecule has 1 aromatic carbocycles. The molecule has 220 valence electrons. The zero-order valence-corrected chi connectivity index (χ0v) is 23.6. The lowest BCUT2D eigenvalue weighted by molar-refractivity contribution is -0.138. The average molecular weight is 602 g/mol. The first kappa shape index (κ1) is 29.3. The Kier molecular flexibility index (Phi) is 8.07. The van der Waals surface area contributed by atoms with Crippen LogP contribution >= 0.6 is 11.3 Å². The number of aromatic amines is 1. The molecule has 3 aromatic rings. The van der Waals surface area contributed by atoms with Crippen molar-refractivity contribution in [3.05, 3.63) is 74.4 Å². The number of benzene rings is 1. The van der Waals surface area contributed by atoms with Gasteiger partial charge in [0.25, 0.3) is 5.91 Å². The molecule has 9 nitrogen and oxygen atoms in total. The van der Waals surface area contributed by atoms with Gasteiger partial charge < -0.3 is 25.0 Å². The molecule has 0 saturated carbocycles. The maximum atomic E-state index is 15.7. The number of piperazine rings is 1. The van der Waals surface area contributed by atoms with Gasteiger partial charge in [0.05, 0.1) is 28.7 Å². The maximum absolute atomic E-state index is 15.7. The van der Waals surface area contributed by atoms with Crippen molar-refractivity contribution in [1.82, 2.24) is 14.9 Å². The Morgan fingerprint density at radius 2 is 2.00 bits per heavy atom. The molecule has 4 heterocycles. The maximum Gasteiger partial charge on any atom is 0.417 e. The molecule has 2 aromatic heterocycles. The summed E-state index contributed by atoms with van der Waals surface area (Å²) < 4.78 is 56.8. The lowest BCUT2D eigenvalue weighted by Crippen LogP contribution is -2.50. The van der Waals surface area contributed by atoms with E-state index in [1.807, 2.05) is 29.8 Å². The van der Waals surface area contributed by atoms with Gasteiger partial charge in [-0.15, -0.1) is 0 Å². The molecule has 0 radical (unpaired) electrons. The van der Waals surface area contributed by atoms with Crippen LogP contribution in [0.15, 0.2) is 41.5 Å². The summed E-state index contributed by atoms with van der Waals surface area (Å²) in [4.78, 5) is 37.7. The van der Waals surface area contributed by atoms with Gasteiger partial charge in [0.1, 0.15) is 16.8 Å². The van der Waals surface area contributed by atoms with E-state index in [0.29, 0.717) is 66.5 Å². The number of hydrogen-bond acceptors (Lipinski definition) is 8. The van der Waals surface area contributed by atoms with Crippen LogP contribution in [0.25, 0.3) is 5.57 Å². The molecule has 0 spiro atoms. The van der Waals surface area contributed by atoms with Crippen LogP contribution in [0, 0.1) is 17.1 Å². The van der Waals surface area contributed by atoms with Crippen molar-refractivity contribution in [2.75, 3.05) is 54.9 Å². The highest BCUT2D eigenvalue weighted by atomic mass is 32.1. The first-order chi connectivity index (χ1) is 19.9. The van der Waals surface area contributed by atoms with Crippen molar-refractivity contribution < 1.29 is 22.4 Å². The number of nitrogens with zero attached hydrogens (tertiary/aromatic N) is 5. The number of nitriles is 1. The zero-order chi connectivity index (χ0) is 30.2. The number of carbonyl (C=O) groups is 1. The molecular weight excluding hydrogens is 574 g/mol. The summed E-state index contributed by atoms with van der Waals surface area (Å²) in [5.74, 6) is -1.60. The largest absolute Gasteiger partial charge is 0.417 e. The number of carbonyl (C=O) groups excluding carboxylic acids is 1. The summed E-state index contributed by atoms with van der Waals surface area (Å²) in [6, 6.07) is 5.29. The third-order valence-corrected chi connectivity index (χ3v) is 8.50. The van der Waals surface area contributed by atoms with E-state index in [0.717, 1.165) is 6.20 Å². The lowest BCUT2D eigenvalue weighted by atomic mass is 9.97. The molecule has 1 amide bonds. The van der Waals surface area contributed by atoms with Gasteiger partial charge in [-0.2, -0.15) is 18.4 Å². The number of alkyl halides is 3. The van der Waals surface area contributed by atoms with Crippen molar-refractivity contribution in [1.29, 1.82) is 5.26 Å². The highest BCUT2D eigenvalue weighted by Gasteiger charge is 2.36. The van der Waals surface area contributed by atoms with Crippen molar-refractivity contribution in [2.45, 2.75) is 25.6 Å². The van der Waals surface area contributed by atoms with Crippen LogP contribution in [0.2, 0.25) is 0 Å². The fourth-order valence-electron chi connectivity index (χ4n) is 5.07. The van der Waals surface area contributed by atoms with Crippen LogP contribution in [-0.2, 0) is 6.18 Å². The Bertz CT molecular complexity index is 1640. The molecule has 2 aliphatic heterocycles. The predicted octanol–water partition coefficient (Wildman–Crippen LogP) is 4.55. The third-order valence-electron chi connectivity index (χ3n) is 7.54. The molecule has 1 atom stereocenters. The molecule has 14 heteroatoms. The van der Waals surface area contributed by atoms with Crippen LogP contribution in [-0.4, -0.2) is 66.6 Å². The first-order valence-electron chi connectivity index (χ1n) is 13.1. The second kappa shape index (κ2) is 11.6. The molecule has 2 N–H and O–H groups in total. The Balaban J connectivity index is 1.50. The van der Waals surface area contributed by atoms with Gasteiger partial charge in [0, 0.05) is 56.6 Å². The SMILES string of the molecule is C[C@H]1CN(c2cc(F)c(C3=CCN(c4ncc(C#N)s4)CC3)cc2NC(=O)c2c[nH]c(=O)cc2C(F)(F)F)CCN1C. The molecule has 5 rings (SSSR count). The second-order valence-corrected chi connectivity index (χ2v) is 11.3. The van der Waals surface area contributed by atoms with E-state index in [1.54, 1.807) is 0 Å². The number of thiazole rings is 1. The highest BCUT2D eigenvalue weighted by Crippen LogP contribution is 2.37. The summed E-state index contributed by atoms with van der Waals surface area (Å²) in [6.07, 6.45) is -0.429. The van der Waals surface area contributed by atoms with Crippen molar-refractivity contribution in [3.8, 4) is 6.07 Å². The summed E-state index contributed by atoms with van der Waals surface area (Å²) in [7, 11) is 1.97. The van der Waals surface area contributed by atoms with E-state index in [1.165, 1.54) is 29.7 Å². The van der Waals surface area contributed by atoms with Gasteiger partial charge in [-0.3, -0.25) is 9.59 Å². The number of amides is 1. The van der Waals surface area contributed by atoms with Gasteiger partial charge in [0.15, 0.2) is 5.13 Å². The number of H-pyrrole nitrogens is 1. The fourth-order valence-corrected chi connectivity index (χ4v) is 5.82. The minimum absolute atomic E-state index is 0.112. The molecule has 0 bridgehead atoms. The van der Waals surface area contributed by atoms with Gasteiger partial charge in [0.2, 0.25) is 5.56 Å². The topological polar surface area (TPSA) is 108 Å². The first-order valence-corrected chi connectivity index (χ1v) is 14.0. The highest BCUT2D eigenvalue weighted by molar-refractivity contribution is 7.16. The molecule has 0 unspecified atom stereocenters. The van der Waals surface area contributed by atoms with Crippen LogP contribution in [0.3, 0.4) is 0 Å². The number of nitrogens with one attached hydrogen (secondary N) is 2. The fraction of sp³-hybridized carbons (Fsp3) is 0.357. The Morgan fingerprint density at radius 1 is 1.21 bits per heavy atom. The van der Waals surface area contributed by atoms with Crippen LogP contribution in [0.4, 0.5) is 34.1 Å². The smallest absolute Gasteiger partial charge is 0.367 e. The van der Waals surface area contributed by atoms with Gasteiger partial charge in [-0.25, -0.2) is 9.37 Å². The monoisotopic (exact) mass is 601 g/mol. The predicted molar refractivity (Wildman–Crippen MR) is 152 cm³/mol. The Labute approximate surface area is 242 Å². The number of likely N-dealkylation sites (N-methyl/N-ethyl adjacent to an activating group) is 1. The van der Waals surface area contributed by atoms with E-state index in [4.69, 9.17) is 5.26 Å². The van der Waals surface area contributed by atoms with Crippen molar-refractivity contribution in [2.24, 2.45) is 0 Å². The quantitative estimate of drug-likeness (QED) is 0.414. The van der Waals surface area contributed by atoms with Gasteiger partial charge in [-0.05, 0) is 38.1 Å². The second-order valence-electron chi connectivity index (χ2n) is 10.2. The third kappa shape index (κ3) is 6.02. The minimum atomic E-state index is -4.94. The zero-order valence-electron chi connectivity index (χ0n) is 22.8. The number of halogens is 4. The number of anilines is 3. The van der Waals surface area contributed by atoms with E-state index in [-0.39, 0.29) is 17.3 Å². The molecule has 1 fully saturated rings. The van der Waals surface area contributed by atoms with E-state index in [2.05, 4.69) is 26.3 Å². The van der Waals surface area contributed by atoms with E-state index < -0.39 is 34.6 Å². The molecule has 0 aliphatic carbocycles. The molecule has 2 aliphatic rings. The van der Waals surface area contributed by atoms with Crippen LogP contribution < -0.4 is 20.7 Å². The minimum Gasteiger partial charge on any atom is -0.367 e. The normalized spacial score (nSPS) is 18.0. The number of aromatic nitrogens is 2. The molecule has 42 heavy (non-hydrogen) atoms. The number of hydrogen-bond donors (Lipinski definition) is 2. The number of pyridine rings is 1. The molecular formula is C28H27F4N7O2S. The Morgan fingerprint density at radius 3 is 2.64 bits per heavy atom.